The number of carbonyl (C=O) groups is 2. The van der Waals surface area contributed by atoms with E-state index in [2.05, 4.69) is 52.2 Å². The topological polar surface area (TPSA) is 178 Å². The third kappa shape index (κ3) is 38.5. The van der Waals surface area contributed by atoms with Crippen LogP contribution in [-0.2, 0) is 19.1 Å². The van der Waals surface area contributed by atoms with Crippen LogP contribution in [0.1, 0.15) is 260 Å². The number of rotatable bonds is 39. The van der Waals surface area contributed by atoms with Crippen LogP contribution >= 0.6 is 0 Å². The second-order valence-electron chi connectivity index (χ2n) is 18.4. The fraction of sp³-hybridized carbons (Fsp3) is 0.962. The lowest BCUT2D eigenvalue weighted by Crippen LogP contribution is -2.61. The largest absolute Gasteiger partial charge is 0.390 e. The first-order valence-electron chi connectivity index (χ1n) is 26.7. The molecule has 1 aliphatic rings. The van der Waals surface area contributed by atoms with Crippen molar-refractivity contribution in [3.05, 3.63) is 0 Å². The minimum Gasteiger partial charge on any atom is -0.390 e. The molecular weight excluding hydrogens is 797 g/mol. The van der Waals surface area contributed by atoms with Crippen LogP contribution in [-0.4, -0.2) is 99.5 Å². The van der Waals surface area contributed by atoms with Crippen molar-refractivity contribution in [2.75, 3.05) is 13.2 Å². The van der Waals surface area contributed by atoms with Crippen LogP contribution in [0, 0.1) is 0 Å². The molecule has 378 valence electrons. The van der Waals surface area contributed by atoms with Gasteiger partial charge in [-0.15, -0.1) is 0 Å². The predicted molar refractivity (Wildman–Crippen MR) is 262 cm³/mol. The van der Waals surface area contributed by atoms with Crippen molar-refractivity contribution in [2.45, 2.75) is 309 Å². The first-order chi connectivity index (χ1) is 30.4. The van der Waals surface area contributed by atoms with E-state index in [0.717, 1.165) is 44.9 Å². The Morgan fingerprint density at radius 2 is 0.889 bits per heavy atom. The molecule has 0 bridgehead atoms. The van der Waals surface area contributed by atoms with Crippen LogP contribution in [0.15, 0.2) is 0 Å². The quantitative estimate of drug-likeness (QED) is 0.0296. The molecule has 1 saturated heterocycles. The average Bonchev–Trinajstić information content (AvgIpc) is 3.27. The molecule has 1 rings (SSSR count). The van der Waals surface area contributed by atoms with Gasteiger partial charge in [0.2, 0.25) is 11.8 Å². The van der Waals surface area contributed by atoms with Gasteiger partial charge in [0.25, 0.3) is 0 Å². The highest BCUT2D eigenvalue weighted by atomic mass is 16.7. The Morgan fingerprint density at radius 3 is 1.27 bits per heavy atom. The van der Waals surface area contributed by atoms with E-state index in [9.17, 15) is 35.1 Å². The van der Waals surface area contributed by atoms with E-state index in [4.69, 9.17) is 9.47 Å². The van der Waals surface area contributed by atoms with E-state index in [-0.39, 0.29) is 31.4 Å². The summed E-state index contributed by atoms with van der Waals surface area (Å²) in [5.74, 6) is -0.637. The maximum absolute atomic E-state index is 12.7. The number of carbonyl (C=O) groups excluding carboxylic acids is 2. The Bertz CT molecular complexity index is 958. The first kappa shape index (κ1) is 63.7. The molecule has 2 amide bonds. The summed E-state index contributed by atoms with van der Waals surface area (Å²) in [7, 11) is 0. The smallest absolute Gasteiger partial charge is 0.220 e. The Morgan fingerprint density at radius 1 is 0.524 bits per heavy atom. The second-order valence-corrected chi connectivity index (χ2v) is 18.4. The third-order valence-corrected chi connectivity index (χ3v) is 12.1. The zero-order valence-corrected chi connectivity index (χ0v) is 42.2. The van der Waals surface area contributed by atoms with Gasteiger partial charge in [0, 0.05) is 19.9 Å². The molecule has 0 aromatic carbocycles. The van der Waals surface area contributed by atoms with Gasteiger partial charge < -0.3 is 45.6 Å². The van der Waals surface area contributed by atoms with Gasteiger partial charge in [0.1, 0.15) is 30.5 Å². The number of aliphatic hydroxyl groups excluding tert-OH is 5. The van der Waals surface area contributed by atoms with E-state index in [1.165, 1.54) is 155 Å². The molecule has 0 saturated carbocycles. The lowest BCUT2D eigenvalue weighted by molar-refractivity contribution is -0.297. The van der Waals surface area contributed by atoms with Gasteiger partial charge in [-0.3, -0.25) is 9.59 Å². The number of ether oxygens (including phenoxy) is 2. The van der Waals surface area contributed by atoms with Crippen molar-refractivity contribution in [2.24, 2.45) is 0 Å². The first-order valence-corrected chi connectivity index (χ1v) is 26.7. The molecule has 0 radical (unpaired) electrons. The van der Waals surface area contributed by atoms with Gasteiger partial charge in [-0.25, -0.2) is 0 Å². The van der Waals surface area contributed by atoms with E-state index < -0.39 is 49.0 Å². The molecule has 63 heavy (non-hydrogen) atoms. The van der Waals surface area contributed by atoms with Crippen molar-refractivity contribution in [3.8, 4) is 0 Å². The molecule has 0 spiro atoms. The summed E-state index contributed by atoms with van der Waals surface area (Å²) in [5.41, 5.74) is 0. The van der Waals surface area contributed by atoms with Crippen LogP contribution < -0.4 is 10.6 Å². The molecule has 11 nitrogen and oxygen atoms in total. The van der Waals surface area contributed by atoms with Crippen molar-refractivity contribution in [1.82, 2.24) is 10.6 Å². The highest BCUT2D eigenvalue weighted by molar-refractivity contribution is 5.76. The van der Waals surface area contributed by atoms with E-state index in [1.807, 2.05) is 0 Å². The standard InChI is InChI=1S/C28H54N2O9.C15H32.C9H20/c1-4-6-8-10-11-12-14-16-23(33)30-20(24(34)21(32)15-13-9-7-5-2)18-38-28-27(37)26(36)25(35)22(39-28)17-29-19(3)31;1-3-5-7-9-11-13-15-14-12-10-8-6-4-2;1-3-5-7-9-8-6-4-2/h20-22,24-28,32,34-37H,4-18H2,1-3H3,(H,29,31)(H,30,33);3-15H2,1-2H3;3-9H2,1-2H3/t20-,21+,22?,24-,25?,26?,27?,28?;;/m0../s1. The number of unbranched alkanes of at least 4 members (excludes halogenated alkanes) is 27. The predicted octanol–water partition coefficient (Wildman–Crippen LogP) is 11.1. The molecule has 0 aromatic heterocycles. The van der Waals surface area contributed by atoms with Crippen LogP contribution in [0.4, 0.5) is 0 Å². The monoisotopic (exact) mass is 903 g/mol. The SMILES string of the molecule is CCCCCCCCC.CCCCCCCCCC(=O)N[C@@H](COC1OC(CNC(C)=O)C(O)C(O)C1O)[C@H](O)[C@H](O)CCCCCC.CCCCCCCCCCCCCCC. The number of hydrogen-bond acceptors (Lipinski definition) is 9. The summed E-state index contributed by atoms with van der Waals surface area (Å²) < 4.78 is 11.3. The van der Waals surface area contributed by atoms with Gasteiger partial charge >= 0.3 is 0 Å². The number of aliphatic hydroxyl groups is 5. The molecular formula is C52H106N2O9. The van der Waals surface area contributed by atoms with Crippen LogP contribution in [0.5, 0.6) is 0 Å². The van der Waals surface area contributed by atoms with Gasteiger partial charge in [0.05, 0.1) is 18.8 Å². The molecule has 7 N–H and O–H groups in total. The highest BCUT2D eigenvalue weighted by Crippen LogP contribution is 2.23. The Kier molecular flexibility index (Phi) is 47.7. The van der Waals surface area contributed by atoms with Gasteiger partial charge in [0.15, 0.2) is 6.29 Å². The van der Waals surface area contributed by atoms with E-state index in [1.54, 1.807) is 0 Å². The minimum absolute atomic E-state index is 0.113. The normalized spacial score (nSPS) is 19.8. The molecule has 1 fully saturated rings. The molecule has 11 heteroatoms. The van der Waals surface area contributed by atoms with Gasteiger partial charge in [-0.05, 0) is 12.8 Å². The zero-order valence-electron chi connectivity index (χ0n) is 42.2. The highest BCUT2D eigenvalue weighted by Gasteiger charge is 2.45. The fourth-order valence-corrected chi connectivity index (χ4v) is 7.75. The Balaban J connectivity index is 0. The summed E-state index contributed by atoms with van der Waals surface area (Å²) >= 11 is 0. The average molecular weight is 903 g/mol. The van der Waals surface area contributed by atoms with Crippen LogP contribution in [0.3, 0.4) is 0 Å². The second kappa shape index (κ2) is 47.2. The molecule has 1 heterocycles. The molecule has 5 unspecified atom stereocenters. The fourth-order valence-electron chi connectivity index (χ4n) is 7.75. The summed E-state index contributed by atoms with van der Waals surface area (Å²) in [5, 5.41) is 57.6. The van der Waals surface area contributed by atoms with Crippen molar-refractivity contribution >= 4 is 11.8 Å². The Hall–Kier alpha value is -1.34. The maximum atomic E-state index is 12.7. The summed E-state index contributed by atoms with van der Waals surface area (Å²) in [4.78, 5) is 23.9. The molecule has 0 aliphatic carbocycles. The van der Waals surface area contributed by atoms with Crippen molar-refractivity contribution < 1.29 is 44.6 Å². The number of hydrogen-bond donors (Lipinski definition) is 7. The van der Waals surface area contributed by atoms with Crippen LogP contribution in [0.25, 0.3) is 0 Å². The van der Waals surface area contributed by atoms with Gasteiger partial charge in [-0.1, -0.05) is 234 Å². The number of amides is 2. The Labute approximate surface area is 388 Å². The molecule has 1 aliphatic heterocycles. The number of nitrogens with one attached hydrogen (secondary N) is 2. The van der Waals surface area contributed by atoms with E-state index >= 15 is 0 Å². The van der Waals surface area contributed by atoms with Crippen molar-refractivity contribution in [3.63, 3.8) is 0 Å². The lowest BCUT2D eigenvalue weighted by Gasteiger charge is -2.41. The van der Waals surface area contributed by atoms with E-state index in [0.29, 0.717) is 12.8 Å². The summed E-state index contributed by atoms with van der Waals surface area (Å²) in [6.45, 7) is 14.2. The maximum Gasteiger partial charge on any atom is 0.220 e. The summed E-state index contributed by atoms with van der Waals surface area (Å²) in [6.07, 6.45) is 31.2. The lowest BCUT2D eigenvalue weighted by atomic mass is 9.98. The summed E-state index contributed by atoms with van der Waals surface area (Å²) in [6, 6.07) is -0.989. The third-order valence-electron chi connectivity index (χ3n) is 12.1. The minimum atomic E-state index is -1.60. The molecule has 8 atom stereocenters. The van der Waals surface area contributed by atoms with Crippen molar-refractivity contribution in [1.29, 1.82) is 0 Å². The zero-order chi connectivity index (χ0) is 47.4. The molecule has 0 aromatic rings. The van der Waals surface area contributed by atoms with Gasteiger partial charge in [-0.2, -0.15) is 0 Å². The van der Waals surface area contributed by atoms with Crippen LogP contribution in [0.2, 0.25) is 0 Å².